The highest BCUT2D eigenvalue weighted by molar-refractivity contribution is 5.66. The van der Waals surface area contributed by atoms with Gasteiger partial charge in [0.1, 0.15) is 0 Å². The number of carbonyl (C=O) groups is 1. The SMILES string of the molecule is [2H]C(CC/C=C\CCCCCCCC)C([2H])([2H])C([2H])([2H])C([2H])([2H])C([2H])([2H])C(=O)O. The maximum Gasteiger partial charge on any atom is 0.303 e. The third kappa shape index (κ3) is 17.2. The first-order valence-corrected chi connectivity index (χ1v) is 7.48. The van der Waals surface area contributed by atoms with Gasteiger partial charge in [-0.25, -0.2) is 0 Å². The molecule has 0 saturated heterocycles. The molecule has 0 aliphatic heterocycles. The zero-order chi connectivity index (χ0) is 22.9. The van der Waals surface area contributed by atoms with E-state index < -0.39 is 37.9 Å². The van der Waals surface area contributed by atoms with E-state index >= 15 is 0 Å². The Bertz CT molecular complexity index is 533. The number of unbranched alkanes of at least 4 members (excludes halogenated alkanes) is 6. The van der Waals surface area contributed by atoms with Crippen molar-refractivity contribution in [2.24, 2.45) is 0 Å². The van der Waals surface area contributed by atoms with Gasteiger partial charge in [-0.15, -0.1) is 0 Å². The first kappa shape index (κ1) is 8.60. The molecule has 1 unspecified atom stereocenters. The van der Waals surface area contributed by atoms with Gasteiger partial charge in [-0.3, -0.25) is 4.79 Å². The lowest BCUT2D eigenvalue weighted by molar-refractivity contribution is -0.137. The molecule has 0 rings (SSSR count). The van der Waals surface area contributed by atoms with E-state index in [2.05, 4.69) is 6.92 Å². The molecule has 0 radical (unpaired) electrons. The summed E-state index contributed by atoms with van der Waals surface area (Å²) in [6, 6.07) is 0. The highest BCUT2D eigenvalue weighted by Crippen LogP contribution is 2.09. The predicted octanol–water partition coefficient (Wildman–Crippen LogP) is 6.11. The van der Waals surface area contributed by atoms with Crippen molar-refractivity contribution in [3.8, 4) is 0 Å². The molecule has 118 valence electrons. The summed E-state index contributed by atoms with van der Waals surface area (Å²) in [5, 5.41) is 8.89. The smallest absolute Gasteiger partial charge is 0.303 e. The molecule has 0 aromatic rings. The molecule has 2 nitrogen and oxygen atoms in total. The second kappa shape index (κ2) is 16.3. The van der Waals surface area contributed by atoms with Gasteiger partial charge in [0.05, 0.1) is 0 Å². The molecule has 0 spiro atoms. The van der Waals surface area contributed by atoms with Crippen LogP contribution < -0.4 is 0 Å². The Balaban J connectivity index is 4.76. The number of hydrogen-bond donors (Lipinski definition) is 1. The highest BCUT2D eigenvalue weighted by atomic mass is 16.4. The van der Waals surface area contributed by atoms with Crippen molar-refractivity contribution in [1.82, 2.24) is 0 Å². The van der Waals surface area contributed by atoms with Gasteiger partial charge in [0.15, 0.2) is 0 Å². The van der Waals surface area contributed by atoms with Crippen molar-refractivity contribution < 1.29 is 22.2 Å². The largest absolute Gasteiger partial charge is 0.481 e. The summed E-state index contributed by atoms with van der Waals surface area (Å²) in [6.45, 7) is 2.16. The molecule has 0 amide bonds. The second-order valence-electron chi connectivity index (χ2n) is 4.63. The van der Waals surface area contributed by atoms with E-state index in [0.717, 1.165) is 19.3 Å². The lowest BCUT2D eigenvalue weighted by Gasteiger charge is -1.99. The Hall–Kier alpha value is -0.790. The zero-order valence-electron chi connectivity index (χ0n) is 21.5. The first-order chi connectivity index (χ1) is 13.2. The number of aliphatic carboxylic acids is 1. The highest BCUT2D eigenvalue weighted by Gasteiger charge is 1.95. The average Bonchev–Trinajstić information content (AvgIpc) is 2.62. The molecule has 0 aromatic heterocycles. The molecule has 0 heterocycles. The van der Waals surface area contributed by atoms with Gasteiger partial charge < -0.3 is 5.11 Å². The molecule has 0 aliphatic carbocycles. The zero-order valence-corrected chi connectivity index (χ0v) is 12.5. The molecule has 1 N–H and O–H groups in total. The van der Waals surface area contributed by atoms with Crippen LogP contribution in [0.5, 0.6) is 0 Å². The monoisotopic (exact) mass is 291 g/mol. The van der Waals surface area contributed by atoms with Crippen molar-refractivity contribution >= 4 is 5.97 Å². The van der Waals surface area contributed by atoms with Gasteiger partial charge in [-0.1, -0.05) is 70.3 Å². The normalized spacial score (nSPS) is 22.4. The third-order valence-electron chi connectivity index (χ3n) is 2.77. The van der Waals surface area contributed by atoms with Crippen molar-refractivity contribution in [2.45, 2.75) is 96.6 Å². The minimum Gasteiger partial charge on any atom is -0.481 e. The minimum atomic E-state index is -3.68. The summed E-state index contributed by atoms with van der Waals surface area (Å²) in [7, 11) is 0. The van der Waals surface area contributed by atoms with E-state index in [1.54, 1.807) is 6.08 Å². The van der Waals surface area contributed by atoms with Crippen LogP contribution in [0, 0.1) is 0 Å². The van der Waals surface area contributed by atoms with E-state index in [9.17, 15) is 4.79 Å². The van der Waals surface area contributed by atoms with Crippen molar-refractivity contribution in [2.75, 3.05) is 0 Å². The molecule has 0 aliphatic rings. The van der Waals surface area contributed by atoms with Crippen LogP contribution in [0.3, 0.4) is 0 Å². The van der Waals surface area contributed by atoms with E-state index in [4.69, 9.17) is 17.4 Å². The molecule has 0 bridgehead atoms. The molecule has 0 saturated carbocycles. The Labute approximate surface area is 138 Å². The number of rotatable bonds is 15. The van der Waals surface area contributed by atoms with Gasteiger partial charge in [0.25, 0.3) is 0 Å². The number of hydrogen-bond acceptors (Lipinski definition) is 1. The predicted molar refractivity (Wildman–Crippen MR) is 87.1 cm³/mol. The van der Waals surface area contributed by atoms with E-state index in [-0.39, 0.29) is 6.42 Å². The Morgan fingerprint density at radius 1 is 0.950 bits per heavy atom. The number of carboxylic acid groups (broad SMARTS) is 1. The maximum absolute atomic E-state index is 11.0. The summed E-state index contributed by atoms with van der Waals surface area (Å²) >= 11 is 0. The summed E-state index contributed by atoms with van der Waals surface area (Å²) in [5.74, 6) is -2.22. The number of carboxylic acids is 1. The third-order valence-corrected chi connectivity index (χ3v) is 2.77. The number of allylic oxidation sites excluding steroid dienone is 2. The quantitative estimate of drug-likeness (QED) is 0.292. The van der Waals surface area contributed by atoms with Crippen molar-refractivity contribution in [3.05, 3.63) is 12.2 Å². The van der Waals surface area contributed by atoms with Crippen LogP contribution in [0.2, 0.25) is 0 Å². The Morgan fingerprint density at radius 2 is 1.60 bits per heavy atom. The fourth-order valence-electron chi connectivity index (χ4n) is 1.70. The van der Waals surface area contributed by atoms with Gasteiger partial charge in [0.2, 0.25) is 0 Å². The fourth-order valence-corrected chi connectivity index (χ4v) is 1.70. The topological polar surface area (TPSA) is 37.3 Å². The summed E-state index contributed by atoms with van der Waals surface area (Å²) in [4.78, 5) is 11.0. The molecule has 0 fully saturated rings. The Kier molecular flexibility index (Phi) is 7.00. The van der Waals surface area contributed by atoms with Crippen LogP contribution in [0.4, 0.5) is 0 Å². The molecular weight excluding hydrogens is 248 g/mol. The average molecular weight is 292 g/mol. The summed E-state index contributed by atoms with van der Waals surface area (Å²) in [5.41, 5.74) is 0. The molecule has 20 heavy (non-hydrogen) atoms. The first-order valence-electron chi connectivity index (χ1n) is 12.1. The van der Waals surface area contributed by atoms with E-state index in [1.807, 2.05) is 6.08 Å². The maximum atomic E-state index is 11.0. The molecule has 2 heteroatoms. The lowest BCUT2D eigenvalue weighted by Crippen LogP contribution is -1.93. The van der Waals surface area contributed by atoms with Gasteiger partial charge in [0, 0.05) is 18.7 Å². The minimum absolute atomic E-state index is 0.0916. The van der Waals surface area contributed by atoms with Gasteiger partial charge in [-0.05, 0) is 32.1 Å². The summed E-state index contributed by atoms with van der Waals surface area (Å²) < 4.78 is 69.5. The van der Waals surface area contributed by atoms with Crippen LogP contribution in [-0.2, 0) is 4.79 Å². The second-order valence-corrected chi connectivity index (χ2v) is 4.63. The van der Waals surface area contributed by atoms with Crippen LogP contribution in [-0.4, -0.2) is 11.1 Å². The van der Waals surface area contributed by atoms with Crippen molar-refractivity contribution in [3.63, 3.8) is 0 Å². The van der Waals surface area contributed by atoms with E-state index in [1.165, 1.54) is 25.7 Å². The van der Waals surface area contributed by atoms with Crippen LogP contribution >= 0.6 is 0 Å². The molecule has 0 aromatic carbocycles. The van der Waals surface area contributed by atoms with E-state index in [0.29, 0.717) is 6.42 Å². The van der Waals surface area contributed by atoms with Crippen LogP contribution in [0.1, 0.15) is 109 Å². The molecular formula is C18H34O2. The fraction of sp³-hybridized carbons (Fsp3) is 0.833. The van der Waals surface area contributed by atoms with Crippen LogP contribution in [0.15, 0.2) is 12.2 Å². The summed E-state index contributed by atoms with van der Waals surface area (Å²) in [6.07, 6.45) is -3.82. The standard InChI is InChI=1S/C18H34O2/c1-2-3-4-5-6-7-8-9-10-11-12-13-14-15-16-17-18(19)20/h9-10H,2-8,11-17H2,1H3,(H,19,20)/b10-9-/i13D,14D2,15D2,16D2,17D2. The van der Waals surface area contributed by atoms with Crippen LogP contribution in [0.25, 0.3) is 0 Å². The van der Waals surface area contributed by atoms with Gasteiger partial charge >= 0.3 is 5.97 Å². The molecule has 1 atom stereocenters. The Morgan fingerprint density at radius 3 is 2.30 bits per heavy atom. The van der Waals surface area contributed by atoms with Crippen molar-refractivity contribution in [1.29, 1.82) is 0 Å². The van der Waals surface area contributed by atoms with Gasteiger partial charge in [-0.2, -0.15) is 0 Å². The lowest BCUT2D eigenvalue weighted by atomic mass is 10.1.